The zero-order chi connectivity index (χ0) is 13.5. The van der Waals surface area contributed by atoms with Gasteiger partial charge in [0.2, 0.25) is 0 Å². The van der Waals surface area contributed by atoms with E-state index in [-0.39, 0.29) is 0 Å². The van der Waals surface area contributed by atoms with Gasteiger partial charge < -0.3 is 10.2 Å². The Hall–Kier alpha value is -1.42. The lowest BCUT2D eigenvalue weighted by molar-refractivity contribution is 0.389. The Bertz CT molecular complexity index is 374. The van der Waals surface area contributed by atoms with Gasteiger partial charge in [-0.3, -0.25) is 10.7 Å². The van der Waals surface area contributed by atoms with Crippen LogP contribution in [0.3, 0.4) is 0 Å². The molecule has 0 aliphatic heterocycles. The highest BCUT2D eigenvalue weighted by molar-refractivity contribution is 5.76. The summed E-state index contributed by atoms with van der Waals surface area (Å²) in [5.41, 5.74) is 6.23. The molecule has 0 radical (unpaired) electrons. The smallest absolute Gasteiger partial charge is 0.0856 e. The Labute approximate surface area is 110 Å². The minimum absolute atomic E-state index is 0.727. The molecule has 0 amide bonds. The molecule has 18 heavy (non-hydrogen) atoms. The SMILES string of the molecule is CCCN(CCC)c1cc(C)c(NC)c(NO)c1. The molecule has 1 aromatic carbocycles. The number of hydrogen-bond acceptors (Lipinski definition) is 4. The third kappa shape index (κ3) is 3.29. The van der Waals surface area contributed by atoms with Gasteiger partial charge in [0, 0.05) is 25.8 Å². The zero-order valence-corrected chi connectivity index (χ0v) is 11.9. The van der Waals surface area contributed by atoms with Crippen LogP contribution in [0.5, 0.6) is 0 Å². The Balaban J connectivity index is 3.11. The topological polar surface area (TPSA) is 47.5 Å². The normalized spacial score (nSPS) is 10.3. The fourth-order valence-electron chi connectivity index (χ4n) is 2.28. The lowest BCUT2D eigenvalue weighted by Crippen LogP contribution is -2.25. The van der Waals surface area contributed by atoms with Gasteiger partial charge in [-0.2, -0.15) is 0 Å². The molecule has 3 N–H and O–H groups in total. The first-order chi connectivity index (χ1) is 8.67. The first kappa shape index (κ1) is 14.6. The van der Waals surface area contributed by atoms with E-state index in [1.54, 1.807) is 0 Å². The summed E-state index contributed by atoms with van der Waals surface area (Å²) in [5, 5.41) is 12.3. The number of hydrogen-bond donors (Lipinski definition) is 3. The van der Waals surface area contributed by atoms with Gasteiger partial charge >= 0.3 is 0 Å². The van der Waals surface area contributed by atoms with E-state index in [2.05, 4.69) is 35.6 Å². The van der Waals surface area contributed by atoms with Crippen LogP contribution in [0.15, 0.2) is 12.1 Å². The molecule has 102 valence electrons. The third-order valence-corrected chi connectivity index (χ3v) is 3.04. The van der Waals surface area contributed by atoms with Crippen molar-refractivity contribution in [2.45, 2.75) is 33.6 Å². The molecule has 1 rings (SSSR count). The summed E-state index contributed by atoms with van der Waals surface area (Å²) in [6.45, 7) is 8.49. The summed E-state index contributed by atoms with van der Waals surface area (Å²) >= 11 is 0. The highest BCUT2D eigenvalue weighted by Gasteiger charge is 2.10. The summed E-state index contributed by atoms with van der Waals surface area (Å²) in [5.74, 6) is 0. The Morgan fingerprint density at radius 2 is 1.78 bits per heavy atom. The largest absolute Gasteiger partial charge is 0.386 e. The molecular formula is C14H25N3O. The summed E-state index contributed by atoms with van der Waals surface area (Å²) in [6.07, 6.45) is 2.24. The highest BCUT2D eigenvalue weighted by Crippen LogP contribution is 2.31. The molecule has 0 heterocycles. The van der Waals surface area contributed by atoms with Crippen molar-refractivity contribution in [2.24, 2.45) is 0 Å². The number of aryl methyl sites for hydroxylation is 1. The van der Waals surface area contributed by atoms with E-state index in [1.807, 2.05) is 20.0 Å². The highest BCUT2D eigenvalue weighted by atomic mass is 16.5. The molecule has 0 aliphatic carbocycles. The monoisotopic (exact) mass is 251 g/mol. The molecule has 0 aliphatic rings. The van der Waals surface area contributed by atoms with Crippen molar-refractivity contribution in [3.05, 3.63) is 17.7 Å². The van der Waals surface area contributed by atoms with E-state index in [0.717, 1.165) is 48.6 Å². The van der Waals surface area contributed by atoms with E-state index in [9.17, 15) is 5.21 Å². The van der Waals surface area contributed by atoms with E-state index in [1.165, 1.54) is 0 Å². The standard InChI is InChI=1S/C14H25N3O/c1-5-7-17(8-6-2)12-9-11(3)14(15-4)13(10-12)16-18/h9-10,15-16,18H,5-8H2,1-4H3. The fraction of sp³-hybridized carbons (Fsp3) is 0.571. The summed E-state index contributed by atoms with van der Waals surface area (Å²) in [6, 6.07) is 4.15. The van der Waals surface area contributed by atoms with Gasteiger partial charge in [0.1, 0.15) is 0 Å². The second-order valence-electron chi connectivity index (χ2n) is 4.53. The number of benzene rings is 1. The molecule has 0 atom stereocenters. The minimum atomic E-state index is 0.727. The van der Waals surface area contributed by atoms with Crippen LogP contribution in [-0.2, 0) is 0 Å². The maximum atomic E-state index is 9.23. The lowest BCUT2D eigenvalue weighted by Gasteiger charge is -2.26. The number of anilines is 3. The van der Waals surface area contributed by atoms with Crippen LogP contribution in [0, 0.1) is 6.92 Å². The van der Waals surface area contributed by atoms with Crippen LogP contribution in [-0.4, -0.2) is 25.3 Å². The average Bonchev–Trinajstić information content (AvgIpc) is 2.37. The first-order valence-electron chi connectivity index (χ1n) is 6.65. The Morgan fingerprint density at radius 1 is 1.17 bits per heavy atom. The fourth-order valence-corrected chi connectivity index (χ4v) is 2.28. The molecular weight excluding hydrogens is 226 g/mol. The van der Waals surface area contributed by atoms with Gasteiger partial charge in [0.15, 0.2) is 0 Å². The van der Waals surface area contributed by atoms with Gasteiger partial charge in [0.05, 0.1) is 11.4 Å². The van der Waals surface area contributed by atoms with Crippen molar-refractivity contribution in [2.75, 3.05) is 35.8 Å². The van der Waals surface area contributed by atoms with Crippen molar-refractivity contribution in [1.82, 2.24) is 0 Å². The van der Waals surface area contributed by atoms with Crippen LogP contribution in [0.1, 0.15) is 32.3 Å². The van der Waals surface area contributed by atoms with Gasteiger partial charge in [-0.15, -0.1) is 0 Å². The van der Waals surface area contributed by atoms with E-state index in [4.69, 9.17) is 0 Å². The van der Waals surface area contributed by atoms with Gasteiger partial charge in [-0.25, -0.2) is 0 Å². The van der Waals surface area contributed by atoms with Crippen LogP contribution in [0.4, 0.5) is 17.1 Å². The number of nitrogens with one attached hydrogen (secondary N) is 2. The molecule has 0 fully saturated rings. The maximum absolute atomic E-state index is 9.23. The van der Waals surface area contributed by atoms with Crippen molar-refractivity contribution in [3.8, 4) is 0 Å². The van der Waals surface area contributed by atoms with Crippen LogP contribution in [0.25, 0.3) is 0 Å². The van der Waals surface area contributed by atoms with Crippen molar-refractivity contribution < 1.29 is 5.21 Å². The molecule has 0 saturated carbocycles. The molecule has 0 bridgehead atoms. The second kappa shape index (κ2) is 7.11. The Kier molecular flexibility index (Phi) is 5.78. The lowest BCUT2D eigenvalue weighted by atomic mass is 10.1. The molecule has 4 heteroatoms. The van der Waals surface area contributed by atoms with E-state index >= 15 is 0 Å². The molecule has 4 nitrogen and oxygen atoms in total. The minimum Gasteiger partial charge on any atom is -0.386 e. The van der Waals surface area contributed by atoms with E-state index < -0.39 is 0 Å². The average molecular weight is 251 g/mol. The summed E-state index contributed by atoms with van der Waals surface area (Å²) < 4.78 is 0. The van der Waals surface area contributed by atoms with Crippen LogP contribution in [0.2, 0.25) is 0 Å². The predicted molar refractivity (Wildman–Crippen MR) is 78.9 cm³/mol. The van der Waals surface area contributed by atoms with Crippen LogP contribution >= 0.6 is 0 Å². The van der Waals surface area contributed by atoms with Gasteiger partial charge in [-0.05, 0) is 37.5 Å². The van der Waals surface area contributed by atoms with Crippen molar-refractivity contribution in [3.63, 3.8) is 0 Å². The maximum Gasteiger partial charge on any atom is 0.0856 e. The molecule has 0 unspecified atom stereocenters. The zero-order valence-electron chi connectivity index (χ0n) is 11.9. The van der Waals surface area contributed by atoms with E-state index in [0.29, 0.717) is 0 Å². The van der Waals surface area contributed by atoms with Crippen molar-refractivity contribution in [1.29, 1.82) is 0 Å². The second-order valence-corrected chi connectivity index (χ2v) is 4.53. The molecule has 0 spiro atoms. The van der Waals surface area contributed by atoms with Gasteiger partial charge in [0.25, 0.3) is 0 Å². The van der Waals surface area contributed by atoms with Gasteiger partial charge in [-0.1, -0.05) is 13.8 Å². The first-order valence-corrected chi connectivity index (χ1v) is 6.65. The number of nitrogens with zero attached hydrogens (tertiary/aromatic N) is 1. The van der Waals surface area contributed by atoms with Crippen LogP contribution < -0.4 is 15.7 Å². The molecule has 0 saturated heterocycles. The van der Waals surface area contributed by atoms with Crippen molar-refractivity contribution >= 4 is 17.1 Å². The number of rotatable bonds is 7. The molecule has 1 aromatic rings. The summed E-state index contributed by atoms with van der Waals surface area (Å²) in [7, 11) is 1.86. The third-order valence-electron chi connectivity index (χ3n) is 3.04. The summed E-state index contributed by atoms with van der Waals surface area (Å²) in [4.78, 5) is 2.35. The predicted octanol–water partition coefficient (Wildman–Crippen LogP) is 3.46. The Morgan fingerprint density at radius 3 is 2.22 bits per heavy atom. The molecule has 0 aromatic heterocycles. The quantitative estimate of drug-likeness (QED) is 0.649.